The minimum absolute atomic E-state index is 0.00657. The van der Waals surface area contributed by atoms with Crippen LogP contribution in [0.4, 0.5) is 0 Å². The topological polar surface area (TPSA) is 72.8 Å². The van der Waals surface area contributed by atoms with Gasteiger partial charge in [-0.2, -0.15) is 0 Å². The molecule has 4 aliphatic carbocycles. The number of ether oxygens (including phenoxy) is 2. The summed E-state index contributed by atoms with van der Waals surface area (Å²) in [6, 6.07) is 18.4. The molecule has 214 valence electrons. The number of hydrogen-bond acceptors (Lipinski definition) is 5. The average Bonchev–Trinajstić information content (AvgIpc) is 3.25. The first-order chi connectivity index (χ1) is 19.2. The van der Waals surface area contributed by atoms with Crippen molar-refractivity contribution in [2.45, 2.75) is 96.4 Å². The SMILES string of the molecule is CC(OC(=O)c1ccccc1)C1(O)CCC2C3CCC4CC(OC(=O)c5ccccc5)CCC4(C)C3CCC21C. The van der Waals surface area contributed by atoms with Gasteiger partial charge in [0.25, 0.3) is 0 Å². The Morgan fingerprint density at radius 3 is 2.10 bits per heavy atom. The van der Waals surface area contributed by atoms with Gasteiger partial charge in [0.2, 0.25) is 0 Å². The van der Waals surface area contributed by atoms with Gasteiger partial charge in [-0.3, -0.25) is 0 Å². The smallest absolute Gasteiger partial charge is 0.338 e. The van der Waals surface area contributed by atoms with Gasteiger partial charge in [0.15, 0.2) is 0 Å². The Labute approximate surface area is 238 Å². The standard InChI is InChI=1S/C35H44O5/c1-23(39-31(36)24-10-6-4-7-11-24)35(38)21-18-30-28-15-14-26-22-27(40-32(37)25-12-8-5-9-13-25)16-19-33(26,2)29(28)17-20-34(30,35)3/h4-13,23,26-30,38H,14-22H2,1-3H3. The van der Waals surface area contributed by atoms with E-state index in [1.807, 2.05) is 55.5 Å². The van der Waals surface area contributed by atoms with Crippen LogP contribution in [0.25, 0.3) is 0 Å². The van der Waals surface area contributed by atoms with Gasteiger partial charge in [-0.1, -0.05) is 50.2 Å². The molecule has 5 nitrogen and oxygen atoms in total. The van der Waals surface area contributed by atoms with Gasteiger partial charge in [-0.05, 0) is 118 Å². The van der Waals surface area contributed by atoms with Crippen LogP contribution in [0.2, 0.25) is 0 Å². The van der Waals surface area contributed by atoms with Crippen molar-refractivity contribution in [1.82, 2.24) is 0 Å². The molecule has 40 heavy (non-hydrogen) atoms. The fourth-order valence-corrected chi connectivity index (χ4v) is 9.74. The highest BCUT2D eigenvalue weighted by Crippen LogP contribution is 2.69. The molecule has 0 radical (unpaired) electrons. The van der Waals surface area contributed by atoms with Crippen molar-refractivity contribution in [2.75, 3.05) is 0 Å². The molecule has 4 aliphatic rings. The quantitative estimate of drug-likeness (QED) is 0.402. The Kier molecular flexibility index (Phi) is 7.09. The fourth-order valence-electron chi connectivity index (χ4n) is 9.74. The highest BCUT2D eigenvalue weighted by molar-refractivity contribution is 5.89. The van der Waals surface area contributed by atoms with Gasteiger partial charge in [0.1, 0.15) is 17.8 Å². The molecule has 0 aliphatic heterocycles. The number of esters is 2. The van der Waals surface area contributed by atoms with Gasteiger partial charge in [0.05, 0.1) is 11.1 Å². The van der Waals surface area contributed by atoms with Crippen LogP contribution >= 0.6 is 0 Å². The molecule has 1 N–H and O–H groups in total. The Morgan fingerprint density at radius 1 is 0.800 bits per heavy atom. The predicted molar refractivity (Wildman–Crippen MR) is 154 cm³/mol. The molecule has 0 aromatic heterocycles. The fraction of sp³-hybridized carbons (Fsp3) is 0.600. The first-order valence-corrected chi connectivity index (χ1v) is 15.4. The molecule has 0 heterocycles. The van der Waals surface area contributed by atoms with Crippen LogP contribution in [0.3, 0.4) is 0 Å². The van der Waals surface area contributed by atoms with E-state index in [9.17, 15) is 14.7 Å². The third-order valence-electron chi connectivity index (χ3n) is 12.1. The van der Waals surface area contributed by atoms with E-state index in [0.717, 1.165) is 44.9 Å². The molecule has 5 heteroatoms. The number of rotatable bonds is 5. The monoisotopic (exact) mass is 544 g/mol. The van der Waals surface area contributed by atoms with Crippen molar-refractivity contribution in [2.24, 2.45) is 34.5 Å². The summed E-state index contributed by atoms with van der Waals surface area (Å²) in [4.78, 5) is 25.6. The van der Waals surface area contributed by atoms with Gasteiger partial charge >= 0.3 is 11.9 Å². The molecular weight excluding hydrogens is 500 g/mol. The van der Waals surface area contributed by atoms with Crippen LogP contribution in [0.15, 0.2) is 60.7 Å². The van der Waals surface area contributed by atoms with E-state index < -0.39 is 11.7 Å². The van der Waals surface area contributed by atoms with Crippen LogP contribution in [0.1, 0.15) is 99.3 Å². The van der Waals surface area contributed by atoms with Crippen LogP contribution < -0.4 is 0 Å². The molecule has 0 amide bonds. The molecule has 2 aromatic rings. The second-order valence-corrected chi connectivity index (χ2v) is 13.7. The summed E-state index contributed by atoms with van der Waals surface area (Å²) in [6.45, 7) is 6.65. The average molecular weight is 545 g/mol. The summed E-state index contributed by atoms with van der Waals surface area (Å²) >= 11 is 0. The van der Waals surface area contributed by atoms with Crippen molar-refractivity contribution in [1.29, 1.82) is 0 Å². The number of carbonyl (C=O) groups excluding carboxylic acids is 2. The van der Waals surface area contributed by atoms with Crippen molar-refractivity contribution in [3.8, 4) is 0 Å². The van der Waals surface area contributed by atoms with Crippen molar-refractivity contribution >= 4 is 11.9 Å². The van der Waals surface area contributed by atoms with Crippen LogP contribution in [-0.4, -0.2) is 34.9 Å². The number of benzene rings is 2. The van der Waals surface area contributed by atoms with E-state index >= 15 is 0 Å². The lowest BCUT2D eigenvalue weighted by atomic mass is 9.44. The predicted octanol–water partition coefficient (Wildman–Crippen LogP) is 7.23. The molecule has 4 saturated carbocycles. The highest BCUT2D eigenvalue weighted by atomic mass is 16.6. The van der Waals surface area contributed by atoms with Gasteiger partial charge in [-0.15, -0.1) is 0 Å². The first kappa shape index (κ1) is 27.5. The normalized spacial score (nSPS) is 39.2. The van der Waals surface area contributed by atoms with Gasteiger partial charge in [0, 0.05) is 5.41 Å². The molecule has 9 unspecified atom stereocenters. The van der Waals surface area contributed by atoms with E-state index in [1.165, 1.54) is 6.42 Å². The van der Waals surface area contributed by atoms with E-state index in [2.05, 4.69) is 13.8 Å². The van der Waals surface area contributed by atoms with Crippen LogP contribution in [0.5, 0.6) is 0 Å². The molecule has 6 rings (SSSR count). The molecule has 2 aromatic carbocycles. The molecule has 0 spiro atoms. The lowest BCUT2D eigenvalue weighted by Gasteiger charge is -2.62. The van der Waals surface area contributed by atoms with Gasteiger partial charge in [-0.25, -0.2) is 9.59 Å². The Morgan fingerprint density at radius 2 is 1.43 bits per heavy atom. The molecule has 9 atom stereocenters. The van der Waals surface area contributed by atoms with Crippen LogP contribution in [-0.2, 0) is 9.47 Å². The van der Waals surface area contributed by atoms with E-state index in [0.29, 0.717) is 41.2 Å². The summed E-state index contributed by atoms with van der Waals surface area (Å²) in [5.41, 5.74) is 0.109. The number of carbonyl (C=O) groups is 2. The summed E-state index contributed by atoms with van der Waals surface area (Å²) in [5, 5.41) is 12.2. The Balaban J connectivity index is 1.14. The van der Waals surface area contributed by atoms with E-state index in [4.69, 9.17) is 9.47 Å². The first-order valence-electron chi connectivity index (χ1n) is 15.4. The Hall–Kier alpha value is -2.66. The maximum absolute atomic E-state index is 12.9. The minimum Gasteiger partial charge on any atom is -0.459 e. The molecule has 0 bridgehead atoms. The maximum Gasteiger partial charge on any atom is 0.338 e. The zero-order chi connectivity index (χ0) is 28.1. The lowest BCUT2D eigenvalue weighted by Crippen LogP contribution is -2.60. The van der Waals surface area contributed by atoms with Crippen LogP contribution in [0, 0.1) is 34.5 Å². The van der Waals surface area contributed by atoms with E-state index in [-0.39, 0.29) is 28.9 Å². The summed E-state index contributed by atoms with van der Waals surface area (Å²) in [7, 11) is 0. The Bertz CT molecular complexity index is 1230. The summed E-state index contributed by atoms with van der Waals surface area (Å²) in [5.74, 6) is 1.63. The van der Waals surface area contributed by atoms with Crippen molar-refractivity contribution < 1.29 is 24.2 Å². The highest BCUT2D eigenvalue weighted by Gasteiger charge is 2.66. The van der Waals surface area contributed by atoms with Crippen molar-refractivity contribution in [3.63, 3.8) is 0 Å². The second-order valence-electron chi connectivity index (χ2n) is 13.7. The second kappa shape index (κ2) is 10.3. The largest absolute Gasteiger partial charge is 0.459 e. The number of hydrogen-bond donors (Lipinski definition) is 1. The lowest BCUT2D eigenvalue weighted by molar-refractivity contribution is -0.187. The molecule has 4 fully saturated rings. The van der Waals surface area contributed by atoms with Crippen molar-refractivity contribution in [3.05, 3.63) is 71.8 Å². The summed E-state index contributed by atoms with van der Waals surface area (Å²) in [6.07, 6.45) is 8.44. The maximum atomic E-state index is 12.9. The zero-order valence-corrected chi connectivity index (χ0v) is 24.2. The van der Waals surface area contributed by atoms with E-state index in [1.54, 1.807) is 12.1 Å². The van der Waals surface area contributed by atoms with Gasteiger partial charge < -0.3 is 14.6 Å². The summed E-state index contributed by atoms with van der Waals surface area (Å²) < 4.78 is 11.9. The molecular formula is C35H44O5. The number of fused-ring (bicyclic) bond motifs is 5. The minimum atomic E-state index is -1.02. The number of aliphatic hydroxyl groups is 1. The third-order valence-corrected chi connectivity index (χ3v) is 12.1. The zero-order valence-electron chi connectivity index (χ0n) is 24.2. The molecule has 0 saturated heterocycles. The third kappa shape index (κ3) is 4.40.